The Balaban J connectivity index is 2.15. The van der Waals surface area contributed by atoms with Gasteiger partial charge in [0, 0.05) is 19.1 Å². The number of ketones is 1. The van der Waals surface area contributed by atoms with E-state index in [1.54, 1.807) is 0 Å². The van der Waals surface area contributed by atoms with E-state index in [2.05, 4.69) is 0 Å². The fourth-order valence-electron chi connectivity index (χ4n) is 1.86. The topological polar surface area (TPSA) is 26.3 Å². The normalized spacial score (nSPS) is 19.6. The van der Waals surface area contributed by atoms with Gasteiger partial charge in [-0.25, -0.2) is 13.2 Å². The van der Waals surface area contributed by atoms with E-state index in [-0.39, 0.29) is 12.5 Å². The van der Waals surface area contributed by atoms with Crippen molar-refractivity contribution in [1.82, 2.24) is 0 Å². The molecular formula is C12H11F3O2. The number of hydrogen-bond acceptors (Lipinski definition) is 2. The van der Waals surface area contributed by atoms with E-state index in [1.807, 2.05) is 0 Å². The van der Waals surface area contributed by atoms with Crippen molar-refractivity contribution in [2.45, 2.75) is 25.4 Å². The van der Waals surface area contributed by atoms with E-state index in [1.165, 1.54) is 0 Å². The van der Waals surface area contributed by atoms with Gasteiger partial charge in [0.05, 0.1) is 11.7 Å². The standard InChI is InChI=1S/C12H11F3O2/c13-9-6-11(15)10(14)5-8(9)12(16)4-7-2-1-3-17-7/h5-7H,1-4H2. The van der Waals surface area contributed by atoms with Crippen molar-refractivity contribution in [1.29, 1.82) is 0 Å². The second kappa shape index (κ2) is 4.87. The summed E-state index contributed by atoms with van der Waals surface area (Å²) in [5.74, 6) is -4.11. The minimum Gasteiger partial charge on any atom is -0.378 e. The number of ether oxygens (including phenoxy) is 1. The van der Waals surface area contributed by atoms with Crippen LogP contribution < -0.4 is 0 Å². The molecule has 0 amide bonds. The number of Topliss-reactive ketones (excluding diaryl/α,β-unsaturated/α-hetero) is 1. The van der Waals surface area contributed by atoms with E-state index in [0.29, 0.717) is 18.7 Å². The summed E-state index contributed by atoms with van der Waals surface area (Å²) in [6.45, 7) is 0.582. The second-order valence-corrected chi connectivity index (χ2v) is 4.01. The summed E-state index contributed by atoms with van der Waals surface area (Å²) in [6, 6.07) is 0.986. The highest BCUT2D eigenvalue weighted by Gasteiger charge is 2.23. The lowest BCUT2D eigenvalue weighted by atomic mass is 10.0. The molecule has 0 aromatic heterocycles. The van der Waals surface area contributed by atoms with Gasteiger partial charge in [-0.3, -0.25) is 4.79 Å². The van der Waals surface area contributed by atoms with Crippen molar-refractivity contribution >= 4 is 5.78 Å². The Bertz CT molecular complexity index is 440. The summed E-state index contributed by atoms with van der Waals surface area (Å²) in [4.78, 5) is 11.7. The van der Waals surface area contributed by atoms with Crippen molar-refractivity contribution < 1.29 is 22.7 Å². The van der Waals surface area contributed by atoms with Crippen molar-refractivity contribution in [3.8, 4) is 0 Å². The molecule has 0 saturated carbocycles. The molecular weight excluding hydrogens is 233 g/mol. The summed E-state index contributed by atoms with van der Waals surface area (Å²) in [5.41, 5.74) is -0.417. The Morgan fingerprint density at radius 3 is 2.59 bits per heavy atom. The zero-order valence-electron chi connectivity index (χ0n) is 9.01. The molecule has 1 fully saturated rings. The van der Waals surface area contributed by atoms with Gasteiger partial charge < -0.3 is 4.74 Å². The third-order valence-corrected chi connectivity index (χ3v) is 2.75. The van der Waals surface area contributed by atoms with Gasteiger partial charge in [0.25, 0.3) is 0 Å². The van der Waals surface area contributed by atoms with Gasteiger partial charge in [-0.05, 0) is 18.9 Å². The Morgan fingerprint density at radius 2 is 1.94 bits per heavy atom. The van der Waals surface area contributed by atoms with Crippen LogP contribution in [0.25, 0.3) is 0 Å². The Kier molecular flexibility index (Phi) is 3.47. The first-order chi connectivity index (χ1) is 8.08. The summed E-state index contributed by atoms with van der Waals surface area (Å²) in [7, 11) is 0. The zero-order chi connectivity index (χ0) is 12.4. The maximum atomic E-state index is 13.3. The average molecular weight is 244 g/mol. The van der Waals surface area contributed by atoms with Crippen LogP contribution in [0.1, 0.15) is 29.6 Å². The van der Waals surface area contributed by atoms with Crippen LogP contribution in [0.3, 0.4) is 0 Å². The molecule has 1 aromatic carbocycles. The Labute approximate surface area is 96.4 Å². The Hall–Kier alpha value is -1.36. The lowest BCUT2D eigenvalue weighted by Crippen LogP contribution is -2.14. The summed E-state index contributed by atoms with van der Waals surface area (Å²) in [6.07, 6.45) is 1.35. The monoisotopic (exact) mass is 244 g/mol. The third kappa shape index (κ3) is 2.66. The molecule has 0 spiro atoms. The number of rotatable bonds is 3. The van der Waals surface area contributed by atoms with Crippen LogP contribution in [0.5, 0.6) is 0 Å². The minimum absolute atomic E-state index is 0.00198. The molecule has 1 saturated heterocycles. The predicted molar refractivity (Wildman–Crippen MR) is 54.2 cm³/mol. The van der Waals surface area contributed by atoms with Crippen molar-refractivity contribution in [3.63, 3.8) is 0 Å². The molecule has 1 aliphatic rings. The van der Waals surface area contributed by atoms with E-state index in [9.17, 15) is 18.0 Å². The molecule has 17 heavy (non-hydrogen) atoms. The van der Waals surface area contributed by atoms with E-state index in [0.717, 1.165) is 12.8 Å². The highest BCUT2D eigenvalue weighted by Crippen LogP contribution is 2.20. The highest BCUT2D eigenvalue weighted by molar-refractivity contribution is 5.96. The van der Waals surface area contributed by atoms with Crippen LogP contribution in [0.4, 0.5) is 13.2 Å². The smallest absolute Gasteiger partial charge is 0.168 e. The molecule has 5 heteroatoms. The minimum atomic E-state index is -1.30. The van der Waals surface area contributed by atoms with E-state index < -0.39 is 28.8 Å². The first-order valence-electron chi connectivity index (χ1n) is 5.37. The first-order valence-corrected chi connectivity index (χ1v) is 5.37. The summed E-state index contributed by atoms with van der Waals surface area (Å²) >= 11 is 0. The first kappa shape index (κ1) is 12.1. The maximum absolute atomic E-state index is 13.3. The molecule has 2 rings (SSSR count). The number of benzene rings is 1. The van der Waals surface area contributed by atoms with E-state index in [4.69, 9.17) is 4.74 Å². The summed E-state index contributed by atoms with van der Waals surface area (Å²) < 4.78 is 44.1. The highest BCUT2D eigenvalue weighted by atomic mass is 19.2. The number of hydrogen-bond donors (Lipinski definition) is 0. The van der Waals surface area contributed by atoms with Gasteiger partial charge in [-0.2, -0.15) is 0 Å². The predicted octanol–water partition coefficient (Wildman–Crippen LogP) is 2.86. The average Bonchev–Trinajstić information content (AvgIpc) is 2.76. The number of halogens is 3. The van der Waals surface area contributed by atoms with Crippen LogP contribution in [-0.2, 0) is 4.74 Å². The van der Waals surface area contributed by atoms with Crippen molar-refractivity contribution in [2.75, 3.05) is 6.61 Å². The van der Waals surface area contributed by atoms with Crippen LogP contribution in [-0.4, -0.2) is 18.5 Å². The molecule has 1 aliphatic heterocycles. The molecule has 1 aromatic rings. The third-order valence-electron chi connectivity index (χ3n) is 2.75. The molecule has 0 N–H and O–H groups in total. The molecule has 2 nitrogen and oxygen atoms in total. The molecule has 1 heterocycles. The molecule has 0 radical (unpaired) electrons. The lowest BCUT2D eigenvalue weighted by Gasteiger charge is -2.08. The van der Waals surface area contributed by atoms with Gasteiger partial charge in [-0.15, -0.1) is 0 Å². The fourth-order valence-corrected chi connectivity index (χ4v) is 1.86. The van der Waals surface area contributed by atoms with Crippen LogP contribution >= 0.6 is 0 Å². The van der Waals surface area contributed by atoms with Gasteiger partial charge in [0.15, 0.2) is 17.4 Å². The zero-order valence-corrected chi connectivity index (χ0v) is 9.01. The van der Waals surface area contributed by atoms with Gasteiger partial charge in [-0.1, -0.05) is 0 Å². The molecule has 1 atom stereocenters. The molecule has 1 unspecified atom stereocenters. The fraction of sp³-hybridized carbons (Fsp3) is 0.417. The van der Waals surface area contributed by atoms with E-state index >= 15 is 0 Å². The van der Waals surface area contributed by atoms with Crippen LogP contribution in [0, 0.1) is 17.5 Å². The number of carbonyl (C=O) groups is 1. The van der Waals surface area contributed by atoms with Gasteiger partial charge in [0.1, 0.15) is 5.82 Å². The van der Waals surface area contributed by atoms with Gasteiger partial charge in [0.2, 0.25) is 0 Å². The van der Waals surface area contributed by atoms with Crippen LogP contribution in [0.2, 0.25) is 0 Å². The van der Waals surface area contributed by atoms with Crippen molar-refractivity contribution in [2.24, 2.45) is 0 Å². The van der Waals surface area contributed by atoms with Crippen LogP contribution in [0.15, 0.2) is 12.1 Å². The summed E-state index contributed by atoms with van der Waals surface area (Å²) in [5, 5.41) is 0. The molecule has 0 bridgehead atoms. The molecule has 0 aliphatic carbocycles. The van der Waals surface area contributed by atoms with Crippen molar-refractivity contribution in [3.05, 3.63) is 35.1 Å². The lowest BCUT2D eigenvalue weighted by molar-refractivity contribution is 0.0772. The largest absolute Gasteiger partial charge is 0.378 e. The molecule has 92 valence electrons. The Morgan fingerprint density at radius 1 is 1.24 bits per heavy atom. The van der Waals surface area contributed by atoms with Gasteiger partial charge >= 0.3 is 0 Å². The SMILES string of the molecule is O=C(CC1CCCO1)c1cc(F)c(F)cc1F. The quantitative estimate of drug-likeness (QED) is 0.603. The second-order valence-electron chi connectivity index (χ2n) is 4.01. The number of carbonyl (C=O) groups excluding carboxylic acids is 1. The maximum Gasteiger partial charge on any atom is 0.168 e.